The average molecular weight is 370 g/mol. The fraction of sp³-hybridized carbons (Fsp3) is 0.929. The van der Waals surface area contributed by atoms with Gasteiger partial charge in [-0.2, -0.15) is 0 Å². The molecule has 4 nitrogen and oxygen atoms in total. The molecule has 0 radical (unpaired) electrons. The Kier molecular flexibility index (Phi) is 5.46. The van der Waals surface area contributed by atoms with E-state index < -0.39 is 21.7 Å². The van der Waals surface area contributed by atoms with Crippen molar-refractivity contribution in [1.82, 2.24) is 7.79 Å². The maximum absolute atomic E-state index is 12.0. The molecule has 0 aromatic rings. The van der Waals surface area contributed by atoms with Crippen LogP contribution >= 0.6 is 0 Å². The first kappa shape index (κ1) is 15.5. The minimum atomic E-state index is -1.38. The fourth-order valence-corrected chi connectivity index (χ4v) is 13.0. The van der Waals surface area contributed by atoms with Crippen molar-refractivity contribution < 1.29 is 9.53 Å². The Bertz CT molecular complexity index is 303. The molecule has 108 valence electrons. The number of hydrogen-bond donors (Lipinski definition) is 0. The minimum absolute atomic E-state index is 0.133. The first-order valence-corrected chi connectivity index (χ1v) is 13.8. The second-order valence-electron chi connectivity index (χ2n) is 6.80. The van der Waals surface area contributed by atoms with Crippen LogP contribution in [0.3, 0.4) is 0 Å². The van der Waals surface area contributed by atoms with Gasteiger partial charge in [0, 0.05) is 0 Å². The molecule has 2 aliphatic heterocycles. The molecule has 1 amide bonds. The van der Waals surface area contributed by atoms with Crippen molar-refractivity contribution in [3.05, 3.63) is 0 Å². The Hall–Kier alpha value is 0.100. The molecule has 2 rings (SSSR count). The Morgan fingerprint density at radius 2 is 1.58 bits per heavy atom. The predicted octanol–water partition coefficient (Wildman–Crippen LogP) is 2.71. The van der Waals surface area contributed by atoms with Crippen LogP contribution in [0.15, 0.2) is 0 Å². The van der Waals surface area contributed by atoms with E-state index >= 15 is 0 Å². The molecule has 0 N–H and O–H groups in total. The maximum atomic E-state index is 12.0. The first-order valence-electron chi connectivity index (χ1n) is 7.68. The van der Waals surface area contributed by atoms with Gasteiger partial charge in [0.1, 0.15) is 0 Å². The van der Waals surface area contributed by atoms with Crippen molar-refractivity contribution in [2.75, 3.05) is 26.2 Å². The molecule has 0 aromatic heterocycles. The van der Waals surface area contributed by atoms with E-state index in [4.69, 9.17) is 4.74 Å². The van der Waals surface area contributed by atoms with Gasteiger partial charge in [0.05, 0.1) is 0 Å². The molecule has 19 heavy (non-hydrogen) atoms. The normalized spacial score (nSPS) is 22.5. The third-order valence-corrected chi connectivity index (χ3v) is 14.6. The van der Waals surface area contributed by atoms with E-state index in [2.05, 4.69) is 2.89 Å². The van der Waals surface area contributed by atoms with Crippen molar-refractivity contribution in [1.29, 1.82) is 0 Å². The number of amides is 1. The van der Waals surface area contributed by atoms with Gasteiger partial charge in [-0.15, -0.1) is 0 Å². The summed E-state index contributed by atoms with van der Waals surface area (Å²) in [4.78, 5) is 13.9. The van der Waals surface area contributed by atoms with E-state index in [9.17, 15) is 4.79 Å². The Labute approximate surface area is 125 Å². The van der Waals surface area contributed by atoms with E-state index in [1.807, 2.05) is 25.7 Å². The van der Waals surface area contributed by atoms with E-state index in [0.29, 0.717) is 0 Å². The molecule has 2 saturated heterocycles. The summed E-state index contributed by atoms with van der Waals surface area (Å²) < 4.78 is 11.3. The zero-order chi connectivity index (χ0) is 13.9. The quantitative estimate of drug-likeness (QED) is 0.712. The molecule has 5 heteroatoms. The summed E-state index contributed by atoms with van der Waals surface area (Å²) in [5.74, 6) is 0. The van der Waals surface area contributed by atoms with Crippen LogP contribution in [0.25, 0.3) is 0 Å². The van der Waals surface area contributed by atoms with Crippen LogP contribution < -0.4 is 0 Å². The topological polar surface area (TPSA) is 32.8 Å². The van der Waals surface area contributed by atoms with Crippen LogP contribution in [-0.2, 0) is 4.74 Å². The SMILES string of the molecule is CC(C)(C)OC(=O)N1CC[N]([In]2[CH2]CCC[CH2]2)CC1. The zero-order valence-corrected chi connectivity index (χ0v) is 15.9. The van der Waals surface area contributed by atoms with Crippen LogP contribution in [-0.4, -0.2) is 67.4 Å². The molecule has 0 bridgehead atoms. The first-order chi connectivity index (χ1) is 8.96. The standard InChI is InChI=1S/C9H17N2O2.C5H10.In/c1-9(2,3)13-8(12)11-6-4-10-5-7-11;1-3-5-4-2;/h4-7H2,1-3H3;1-5H2;/q-1;;+1. The average Bonchev–Trinajstić information content (AvgIpc) is 2.38. The Balaban J connectivity index is 1.77. The Morgan fingerprint density at radius 3 is 2.11 bits per heavy atom. The van der Waals surface area contributed by atoms with Crippen molar-refractivity contribution >= 4 is 27.8 Å². The summed E-state index contributed by atoms with van der Waals surface area (Å²) in [6.07, 6.45) is 4.25. The molecule has 0 aromatic carbocycles. The number of carbonyl (C=O) groups excluding carboxylic acids is 1. The van der Waals surface area contributed by atoms with Gasteiger partial charge in [-0.3, -0.25) is 0 Å². The van der Waals surface area contributed by atoms with Gasteiger partial charge in [0.25, 0.3) is 0 Å². The number of ether oxygens (including phenoxy) is 1. The molecule has 0 saturated carbocycles. The number of piperazine rings is 1. The molecule has 2 fully saturated rings. The van der Waals surface area contributed by atoms with Gasteiger partial charge < -0.3 is 0 Å². The molecule has 2 heterocycles. The summed E-state index contributed by atoms with van der Waals surface area (Å²) in [7, 11) is 0. The number of carbonyl (C=O) groups is 1. The van der Waals surface area contributed by atoms with Gasteiger partial charge >= 0.3 is 125 Å². The number of hydrogen-bond acceptors (Lipinski definition) is 3. The van der Waals surface area contributed by atoms with Crippen LogP contribution in [0, 0.1) is 0 Å². The van der Waals surface area contributed by atoms with Gasteiger partial charge in [0.2, 0.25) is 0 Å². The summed E-state index contributed by atoms with van der Waals surface area (Å²) in [6, 6.07) is 0. The summed E-state index contributed by atoms with van der Waals surface area (Å²) >= 11 is -1.38. The Morgan fingerprint density at radius 1 is 1.00 bits per heavy atom. The van der Waals surface area contributed by atoms with Crippen LogP contribution in [0.4, 0.5) is 4.79 Å². The van der Waals surface area contributed by atoms with Gasteiger partial charge in [-0.25, -0.2) is 0 Å². The number of rotatable bonds is 1. The molecule has 0 atom stereocenters. The van der Waals surface area contributed by atoms with Gasteiger partial charge in [0.15, 0.2) is 0 Å². The predicted molar refractivity (Wildman–Crippen MR) is 78.6 cm³/mol. The van der Waals surface area contributed by atoms with E-state index in [-0.39, 0.29) is 11.7 Å². The van der Waals surface area contributed by atoms with E-state index in [1.165, 1.54) is 19.3 Å². The van der Waals surface area contributed by atoms with Crippen molar-refractivity contribution in [2.24, 2.45) is 0 Å². The third-order valence-electron chi connectivity index (χ3n) is 4.06. The molecule has 0 spiro atoms. The van der Waals surface area contributed by atoms with Crippen LogP contribution in [0.2, 0.25) is 8.35 Å². The van der Waals surface area contributed by atoms with E-state index in [1.54, 1.807) is 8.35 Å². The second kappa shape index (κ2) is 6.70. The second-order valence-corrected chi connectivity index (χ2v) is 15.9. The van der Waals surface area contributed by atoms with Crippen molar-refractivity contribution in [2.45, 2.75) is 54.0 Å². The molecule has 2 aliphatic rings. The van der Waals surface area contributed by atoms with Crippen molar-refractivity contribution in [3.63, 3.8) is 0 Å². The summed E-state index contributed by atoms with van der Waals surface area (Å²) in [5.41, 5.74) is -0.378. The summed E-state index contributed by atoms with van der Waals surface area (Å²) in [6.45, 7) is 9.71. The van der Waals surface area contributed by atoms with Crippen LogP contribution in [0.1, 0.15) is 40.0 Å². The van der Waals surface area contributed by atoms with Gasteiger partial charge in [-0.1, -0.05) is 0 Å². The molecule has 0 unspecified atom stereocenters. The molecular weight excluding hydrogens is 343 g/mol. The molecular formula is C14H27InN2O2. The third kappa shape index (κ3) is 4.85. The van der Waals surface area contributed by atoms with Gasteiger partial charge in [-0.05, 0) is 0 Å². The zero-order valence-electron chi connectivity index (χ0n) is 12.7. The van der Waals surface area contributed by atoms with Crippen LogP contribution in [0.5, 0.6) is 0 Å². The number of nitrogens with zero attached hydrogens (tertiary/aromatic N) is 2. The fourth-order valence-electron chi connectivity index (χ4n) is 3.04. The monoisotopic (exact) mass is 370 g/mol. The molecule has 0 aliphatic carbocycles. The van der Waals surface area contributed by atoms with E-state index in [0.717, 1.165) is 26.2 Å². The summed E-state index contributed by atoms with van der Waals surface area (Å²) in [5, 5.41) is 0. The van der Waals surface area contributed by atoms with Crippen molar-refractivity contribution in [3.8, 4) is 0 Å².